The van der Waals surface area contributed by atoms with Gasteiger partial charge in [-0.05, 0) is 48.5 Å². The van der Waals surface area contributed by atoms with Crippen LogP contribution in [0.5, 0.6) is 5.75 Å². The first-order valence-corrected chi connectivity index (χ1v) is 12.0. The van der Waals surface area contributed by atoms with Crippen LogP contribution >= 0.6 is 23.4 Å². The second-order valence-corrected chi connectivity index (χ2v) is 8.78. The molecule has 0 fully saturated rings. The Morgan fingerprint density at radius 1 is 1.00 bits per heavy atom. The molecule has 0 aliphatic carbocycles. The lowest BCUT2D eigenvalue weighted by Crippen LogP contribution is -2.13. The number of ether oxygens (including phenoxy) is 1. The average Bonchev–Trinajstić information content (AvgIpc) is 3.27. The number of benzene rings is 3. The van der Waals surface area contributed by atoms with Gasteiger partial charge in [0.15, 0.2) is 11.0 Å². The molecule has 0 unspecified atom stereocenters. The Balaban J connectivity index is 1.42. The molecule has 1 aromatic heterocycles. The number of anilines is 2. The van der Waals surface area contributed by atoms with Crippen LogP contribution in [-0.4, -0.2) is 33.5 Å². The highest BCUT2D eigenvalue weighted by molar-refractivity contribution is 7.99. The molecule has 34 heavy (non-hydrogen) atoms. The molecule has 0 aliphatic rings. The minimum Gasteiger partial charge on any atom is -0.495 e. The molecular weight excluding hydrogens is 470 g/mol. The summed E-state index contributed by atoms with van der Waals surface area (Å²) in [4.78, 5) is 12.5. The van der Waals surface area contributed by atoms with Crippen molar-refractivity contribution in [3.8, 4) is 11.4 Å². The molecule has 7 nitrogen and oxygen atoms in total. The van der Waals surface area contributed by atoms with Gasteiger partial charge in [-0.3, -0.25) is 9.36 Å². The third kappa shape index (κ3) is 6.09. The van der Waals surface area contributed by atoms with E-state index in [1.54, 1.807) is 7.11 Å². The molecule has 9 heteroatoms. The Labute approximate surface area is 207 Å². The van der Waals surface area contributed by atoms with Crippen LogP contribution in [0.15, 0.2) is 84.0 Å². The number of para-hydroxylation sites is 3. The Bertz CT molecular complexity index is 1230. The van der Waals surface area contributed by atoms with Crippen molar-refractivity contribution in [3.63, 3.8) is 0 Å². The van der Waals surface area contributed by atoms with Gasteiger partial charge in [0.05, 0.1) is 19.3 Å². The van der Waals surface area contributed by atoms with Crippen molar-refractivity contribution < 1.29 is 9.53 Å². The van der Waals surface area contributed by atoms with Crippen molar-refractivity contribution >= 4 is 40.6 Å². The van der Waals surface area contributed by atoms with E-state index < -0.39 is 0 Å². The number of hydrogen-bond donors (Lipinski definition) is 2. The number of carbonyl (C=O) groups excluding carboxylic acids is 1. The molecule has 174 valence electrons. The van der Waals surface area contributed by atoms with E-state index in [9.17, 15) is 4.79 Å². The summed E-state index contributed by atoms with van der Waals surface area (Å²) >= 11 is 7.46. The van der Waals surface area contributed by atoms with Gasteiger partial charge in [0.25, 0.3) is 0 Å². The number of halogens is 1. The van der Waals surface area contributed by atoms with E-state index in [-0.39, 0.29) is 5.91 Å². The molecule has 4 rings (SSSR count). The number of amides is 1. The zero-order valence-corrected chi connectivity index (χ0v) is 20.1. The van der Waals surface area contributed by atoms with Gasteiger partial charge in [0.1, 0.15) is 5.75 Å². The average molecular weight is 494 g/mol. The number of aromatic nitrogens is 3. The Morgan fingerprint density at radius 2 is 1.74 bits per heavy atom. The zero-order valence-electron chi connectivity index (χ0n) is 18.6. The van der Waals surface area contributed by atoms with Crippen LogP contribution in [-0.2, 0) is 11.3 Å². The van der Waals surface area contributed by atoms with Crippen LogP contribution in [0.3, 0.4) is 0 Å². The number of rotatable bonds is 10. The maximum Gasteiger partial charge on any atom is 0.225 e. The number of nitrogens with zero attached hydrogens (tertiary/aromatic N) is 3. The zero-order chi connectivity index (χ0) is 23.8. The normalized spacial score (nSPS) is 10.6. The van der Waals surface area contributed by atoms with Crippen LogP contribution < -0.4 is 15.4 Å². The van der Waals surface area contributed by atoms with Gasteiger partial charge < -0.3 is 15.4 Å². The Hall–Kier alpha value is -3.49. The number of carbonyl (C=O) groups is 1. The van der Waals surface area contributed by atoms with E-state index in [1.807, 2.05) is 83.4 Å². The molecule has 3 aromatic carbocycles. The molecule has 0 radical (unpaired) electrons. The van der Waals surface area contributed by atoms with Gasteiger partial charge in [0.2, 0.25) is 5.91 Å². The second kappa shape index (κ2) is 11.6. The topological polar surface area (TPSA) is 81.1 Å². The molecule has 2 N–H and O–H groups in total. The summed E-state index contributed by atoms with van der Waals surface area (Å²) in [6, 6.07) is 24.8. The first kappa shape index (κ1) is 23.7. The predicted octanol–water partition coefficient (Wildman–Crippen LogP) is 5.66. The van der Waals surface area contributed by atoms with Gasteiger partial charge in [-0.1, -0.05) is 53.7 Å². The maximum atomic E-state index is 12.5. The van der Waals surface area contributed by atoms with E-state index in [4.69, 9.17) is 16.3 Å². The van der Waals surface area contributed by atoms with E-state index in [0.717, 1.165) is 22.4 Å². The molecular formula is C25H24ClN5O2S. The summed E-state index contributed by atoms with van der Waals surface area (Å²) < 4.78 is 7.30. The number of thioether (sulfide) groups is 1. The number of hydrogen-bond acceptors (Lipinski definition) is 6. The monoisotopic (exact) mass is 493 g/mol. The molecule has 0 atom stereocenters. The van der Waals surface area contributed by atoms with Crippen LogP contribution in [0.25, 0.3) is 5.69 Å². The van der Waals surface area contributed by atoms with Crippen LogP contribution in [0.4, 0.5) is 11.4 Å². The third-order valence-electron chi connectivity index (χ3n) is 4.95. The van der Waals surface area contributed by atoms with Gasteiger partial charge in [0, 0.05) is 28.6 Å². The minimum absolute atomic E-state index is 0.0904. The van der Waals surface area contributed by atoms with Gasteiger partial charge in [-0.2, -0.15) is 0 Å². The van der Waals surface area contributed by atoms with Crippen molar-refractivity contribution in [1.29, 1.82) is 0 Å². The molecule has 1 heterocycles. The van der Waals surface area contributed by atoms with Crippen molar-refractivity contribution in [2.45, 2.75) is 18.1 Å². The number of nitrogens with one attached hydrogen (secondary N) is 2. The maximum absolute atomic E-state index is 12.5. The third-order valence-corrected chi connectivity index (χ3v) is 6.13. The fraction of sp³-hybridized carbons (Fsp3) is 0.160. The van der Waals surface area contributed by atoms with Crippen molar-refractivity contribution in [2.24, 2.45) is 0 Å². The van der Waals surface area contributed by atoms with Crippen LogP contribution in [0.1, 0.15) is 12.2 Å². The summed E-state index contributed by atoms with van der Waals surface area (Å²) in [6.07, 6.45) is 0.322. The molecule has 0 saturated heterocycles. The van der Waals surface area contributed by atoms with E-state index in [0.29, 0.717) is 35.2 Å². The van der Waals surface area contributed by atoms with E-state index in [2.05, 4.69) is 20.8 Å². The minimum atomic E-state index is -0.0904. The van der Waals surface area contributed by atoms with Crippen molar-refractivity contribution in [2.75, 3.05) is 23.5 Å². The second-order valence-electron chi connectivity index (χ2n) is 7.28. The highest BCUT2D eigenvalue weighted by Crippen LogP contribution is 2.25. The molecule has 0 saturated carbocycles. The van der Waals surface area contributed by atoms with Gasteiger partial charge in [-0.15, -0.1) is 10.2 Å². The summed E-state index contributed by atoms with van der Waals surface area (Å²) in [5.41, 5.74) is 2.55. The summed E-state index contributed by atoms with van der Waals surface area (Å²) in [5, 5.41) is 16.5. The predicted molar refractivity (Wildman–Crippen MR) is 137 cm³/mol. The van der Waals surface area contributed by atoms with E-state index >= 15 is 0 Å². The lowest BCUT2D eigenvalue weighted by molar-refractivity contribution is -0.115. The molecule has 0 bridgehead atoms. The first-order valence-electron chi connectivity index (χ1n) is 10.7. The Kier molecular flexibility index (Phi) is 8.06. The Morgan fingerprint density at radius 3 is 2.50 bits per heavy atom. The van der Waals surface area contributed by atoms with Gasteiger partial charge in [-0.25, -0.2) is 0 Å². The molecule has 0 aliphatic heterocycles. The van der Waals surface area contributed by atoms with Crippen LogP contribution in [0.2, 0.25) is 5.02 Å². The van der Waals surface area contributed by atoms with Gasteiger partial charge >= 0.3 is 0 Å². The molecule has 0 spiro atoms. The fourth-order valence-electron chi connectivity index (χ4n) is 3.29. The highest BCUT2D eigenvalue weighted by Gasteiger charge is 2.15. The lowest BCUT2D eigenvalue weighted by Gasteiger charge is -2.12. The fourth-order valence-corrected chi connectivity index (χ4v) is 4.32. The standard InChI is InChI=1S/C25H24ClN5O2S/c1-33-22-10-6-5-9-21(22)28-24(32)15-16-34-25-30-29-23(31(25)20-7-3-2-4-8-20)17-27-19-13-11-18(26)12-14-19/h2-14,27H,15-17H2,1H3,(H,28,32). The van der Waals surface area contributed by atoms with Crippen molar-refractivity contribution in [3.05, 3.63) is 89.7 Å². The molecule has 1 amide bonds. The highest BCUT2D eigenvalue weighted by atomic mass is 35.5. The SMILES string of the molecule is COc1ccccc1NC(=O)CCSc1nnc(CNc2ccc(Cl)cc2)n1-c1ccccc1. The smallest absolute Gasteiger partial charge is 0.225 e. The summed E-state index contributed by atoms with van der Waals surface area (Å²) in [5.74, 6) is 1.86. The van der Waals surface area contributed by atoms with Crippen LogP contribution in [0, 0.1) is 0 Å². The summed E-state index contributed by atoms with van der Waals surface area (Å²) in [7, 11) is 1.58. The summed E-state index contributed by atoms with van der Waals surface area (Å²) in [6.45, 7) is 0.484. The largest absolute Gasteiger partial charge is 0.495 e. The first-order chi connectivity index (χ1) is 16.6. The quantitative estimate of drug-likeness (QED) is 0.277. The van der Waals surface area contributed by atoms with E-state index in [1.165, 1.54) is 11.8 Å². The van der Waals surface area contributed by atoms with Crippen molar-refractivity contribution in [1.82, 2.24) is 14.8 Å². The number of methoxy groups -OCH3 is 1. The lowest BCUT2D eigenvalue weighted by atomic mass is 10.3. The molecule has 4 aromatic rings.